The van der Waals surface area contributed by atoms with Crippen molar-refractivity contribution in [3.05, 3.63) is 28.8 Å². The summed E-state index contributed by atoms with van der Waals surface area (Å²) in [5.41, 5.74) is 7.04. The fraction of sp³-hybridized carbons (Fsp3) is 0.600. The standard InChI is InChI=1S/C15H24ClNO/c1-4-12-10-13(6-7-14(12)16)18-9-5-8-15(2,3)11-17/h6-7,10H,4-5,8-9,11,17H2,1-3H3. The van der Waals surface area contributed by atoms with Gasteiger partial charge in [-0.3, -0.25) is 0 Å². The van der Waals surface area contributed by atoms with Gasteiger partial charge in [0, 0.05) is 5.02 Å². The first-order chi connectivity index (χ1) is 8.48. The van der Waals surface area contributed by atoms with E-state index in [4.69, 9.17) is 22.1 Å². The zero-order chi connectivity index (χ0) is 13.6. The Morgan fingerprint density at radius 1 is 1.33 bits per heavy atom. The second-order valence-corrected chi connectivity index (χ2v) is 5.83. The van der Waals surface area contributed by atoms with Crippen LogP contribution in [0.3, 0.4) is 0 Å². The summed E-state index contributed by atoms with van der Waals surface area (Å²) < 4.78 is 5.74. The van der Waals surface area contributed by atoms with Crippen molar-refractivity contribution in [2.75, 3.05) is 13.2 Å². The Bertz CT molecular complexity index is 377. The largest absolute Gasteiger partial charge is 0.494 e. The molecular weight excluding hydrogens is 246 g/mol. The molecule has 0 bridgehead atoms. The van der Waals surface area contributed by atoms with Crippen molar-refractivity contribution >= 4 is 11.6 Å². The fourth-order valence-electron chi connectivity index (χ4n) is 1.75. The van der Waals surface area contributed by atoms with Gasteiger partial charge in [0.25, 0.3) is 0 Å². The normalized spacial score (nSPS) is 11.6. The molecule has 0 amide bonds. The Morgan fingerprint density at radius 3 is 2.67 bits per heavy atom. The molecule has 0 aliphatic rings. The van der Waals surface area contributed by atoms with Crippen molar-refractivity contribution in [3.8, 4) is 5.75 Å². The molecule has 1 aromatic rings. The Kier molecular flexibility index (Phi) is 5.97. The molecule has 0 unspecified atom stereocenters. The molecule has 0 saturated heterocycles. The molecule has 0 radical (unpaired) electrons. The van der Waals surface area contributed by atoms with E-state index in [1.807, 2.05) is 18.2 Å². The molecule has 0 saturated carbocycles. The van der Waals surface area contributed by atoms with Gasteiger partial charge >= 0.3 is 0 Å². The average Bonchev–Trinajstić information content (AvgIpc) is 2.36. The third-order valence-corrected chi connectivity index (χ3v) is 3.59. The van der Waals surface area contributed by atoms with Crippen molar-refractivity contribution in [2.24, 2.45) is 11.1 Å². The monoisotopic (exact) mass is 269 g/mol. The van der Waals surface area contributed by atoms with Crippen molar-refractivity contribution in [1.29, 1.82) is 0 Å². The van der Waals surface area contributed by atoms with Crippen LogP contribution in [0.1, 0.15) is 39.2 Å². The highest BCUT2D eigenvalue weighted by atomic mass is 35.5. The zero-order valence-electron chi connectivity index (χ0n) is 11.6. The molecule has 18 heavy (non-hydrogen) atoms. The van der Waals surface area contributed by atoms with E-state index in [1.165, 1.54) is 0 Å². The number of hydrogen-bond donors (Lipinski definition) is 1. The minimum Gasteiger partial charge on any atom is -0.494 e. The van der Waals surface area contributed by atoms with E-state index in [0.29, 0.717) is 6.54 Å². The van der Waals surface area contributed by atoms with Gasteiger partial charge in [-0.15, -0.1) is 0 Å². The quantitative estimate of drug-likeness (QED) is 0.758. The zero-order valence-corrected chi connectivity index (χ0v) is 12.4. The molecule has 1 rings (SSSR count). The van der Waals surface area contributed by atoms with Gasteiger partial charge in [0.2, 0.25) is 0 Å². The first kappa shape index (κ1) is 15.3. The van der Waals surface area contributed by atoms with Crippen LogP contribution < -0.4 is 10.5 Å². The number of hydrogen-bond acceptors (Lipinski definition) is 2. The van der Waals surface area contributed by atoms with E-state index in [0.717, 1.165) is 42.2 Å². The minimum absolute atomic E-state index is 0.206. The summed E-state index contributed by atoms with van der Waals surface area (Å²) in [7, 11) is 0. The van der Waals surface area contributed by atoms with Crippen LogP contribution in [0.5, 0.6) is 5.75 Å². The highest BCUT2D eigenvalue weighted by molar-refractivity contribution is 6.31. The van der Waals surface area contributed by atoms with E-state index in [1.54, 1.807) is 0 Å². The number of ether oxygens (including phenoxy) is 1. The van der Waals surface area contributed by atoms with E-state index in [2.05, 4.69) is 20.8 Å². The molecule has 0 aromatic heterocycles. The fourth-order valence-corrected chi connectivity index (χ4v) is 2.01. The third-order valence-electron chi connectivity index (χ3n) is 3.22. The lowest BCUT2D eigenvalue weighted by Gasteiger charge is -2.21. The van der Waals surface area contributed by atoms with Crippen LogP contribution in [0.2, 0.25) is 5.02 Å². The van der Waals surface area contributed by atoms with Gasteiger partial charge in [0.15, 0.2) is 0 Å². The van der Waals surface area contributed by atoms with Crippen molar-refractivity contribution in [2.45, 2.75) is 40.0 Å². The van der Waals surface area contributed by atoms with Crippen LogP contribution in [-0.2, 0) is 6.42 Å². The summed E-state index contributed by atoms with van der Waals surface area (Å²) in [4.78, 5) is 0. The summed E-state index contributed by atoms with van der Waals surface area (Å²) in [5.74, 6) is 0.904. The number of halogens is 1. The molecule has 1 aromatic carbocycles. The first-order valence-corrected chi connectivity index (χ1v) is 6.97. The van der Waals surface area contributed by atoms with E-state index in [-0.39, 0.29) is 5.41 Å². The maximum Gasteiger partial charge on any atom is 0.119 e. The van der Waals surface area contributed by atoms with Crippen molar-refractivity contribution in [3.63, 3.8) is 0 Å². The number of rotatable bonds is 7. The summed E-state index contributed by atoms with van der Waals surface area (Å²) in [6.07, 6.45) is 3.03. The van der Waals surface area contributed by atoms with Crippen LogP contribution in [0.25, 0.3) is 0 Å². The van der Waals surface area contributed by atoms with Gasteiger partial charge < -0.3 is 10.5 Å². The van der Waals surface area contributed by atoms with E-state index < -0.39 is 0 Å². The lowest BCUT2D eigenvalue weighted by molar-refractivity contribution is 0.261. The topological polar surface area (TPSA) is 35.2 Å². The van der Waals surface area contributed by atoms with Crippen LogP contribution in [0, 0.1) is 5.41 Å². The van der Waals surface area contributed by atoms with Gasteiger partial charge in [-0.25, -0.2) is 0 Å². The molecule has 2 N–H and O–H groups in total. The second-order valence-electron chi connectivity index (χ2n) is 5.43. The van der Waals surface area contributed by atoms with Crippen LogP contribution >= 0.6 is 11.6 Å². The summed E-state index contributed by atoms with van der Waals surface area (Å²) in [5, 5.41) is 0.814. The smallest absolute Gasteiger partial charge is 0.119 e. The lowest BCUT2D eigenvalue weighted by atomic mass is 9.88. The van der Waals surface area contributed by atoms with Crippen molar-refractivity contribution < 1.29 is 4.74 Å². The highest BCUT2D eigenvalue weighted by Gasteiger charge is 2.14. The first-order valence-electron chi connectivity index (χ1n) is 6.60. The molecule has 0 atom stereocenters. The van der Waals surface area contributed by atoms with Gasteiger partial charge in [0.05, 0.1) is 6.61 Å². The van der Waals surface area contributed by atoms with Gasteiger partial charge in [-0.05, 0) is 55.0 Å². The molecule has 0 heterocycles. The summed E-state index contributed by atoms with van der Waals surface area (Å²) >= 11 is 6.07. The molecule has 0 spiro atoms. The Morgan fingerprint density at radius 2 is 2.06 bits per heavy atom. The predicted octanol–water partition coefficient (Wildman–Crippen LogP) is 4.05. The van der Waals surface area contributed by atoms with E-state index >= 15 is 0 Å². The van der Waals surface area contributed by atoms with Crippen molar-refractivity contribution in [1.82, 2.24) is 0 Å². The Hall–Kier alpha value is -0.730. The SMILES string of the molecule is CCc1cc(OCCCC(C)(C)CN)ccc1Cl. The number of aryl methyl sites for hydroxylation is 1. The Labute approximate surface area is 115 Å². The summed E-state index contributed by atoms with van der Waals surface area (Å²) in [6.45, 7) is 7.91. The maximum absolute atomic E-state index is 6.07. The molecule has 0 aliphatic heterocycles. The lowest BCUT2D eigenvalue weighted by Crippen LogP contribution is -2.23. The maximum atomic E-state index is 6.07. The Balaban J connectivity index is 2.40. The average molecular weight is 270 g/mol. The van der Waals surface area contributed by atoms with Crippen LogP contribution in [0.4, 0.5) is 0 Å². The number of nitrogens with two attached hydrogens (primary N) is 1. The second kappa shape index (κ2) is 7.01. The molecule has 3 heteroatoms. The van der Waals surface area contributed by atoms with E-state index in [9.17, 15) is 0 Å². The van der Waals surface area contributed by atoms with Gasteiger partial charge in [-0.2, -0.15) is 0 Å². The molecule has 0 aliphatic carbocycles. The third kappa shape index (κ3) is 4.87. The van der Waals surface area contributed by atoms with Gasteiger partial charge in [-0.1, -0.05) is 32.4 Å². The van der Waals surface area contributed by atoms with Crippen LogP contribution in [0.15, 0.2) is 18.2 Å². The summed E-state index contributed by atoms with van der Waals surface area (Å²) in [6, 6.07) is 5.85. The highest BCUT2D eigenvalue weighted by Crippen LogP contribution is 2.24. The van der Waals surface area contributed by atoms with Crippen LogP contribution in [-0.4, -0.2) is 13.2 Å². The molecule has 0 fully saturated rings. The molecular formula is C15H24ClNO. The number of benzene rings is 1. The molecule has 102 valence electrons. The predicted molar refractivity (Wildman–Crippen MR) is 78.4 cm³/mol. The minimum atomic E-state index is 0.206. The van der Waals surface area contributed by atoms with Gasteiger partial charge in [0.1, 0.15) is 5.75 Å². The molecule has 2 nitrogen and oxygen atoms in total.